The van der Waals surface area contributed by atoms with Crippen molar-refractivity contribution in [3.63, 3.8) is 0 Å². The van der Waals surface area contributed by atoms with Crippen molar-refractivity contribution < 1.29 is 8.81 Å². The highest BCUT2D eigenvalue weighted by Crippen LogP contribution is 2.28. The lowest BCUT2D eigenvalue weighted by Crippen LogP contribution is -2.29. The number of nitrogens with two attached hydrogens (primary N) is 1. The quantitative estimate of drug-likeness (QED) is 0.569. The molecule has 3 rings (SSSR count). The van der Waals surface area contributed by atoms with E-state index in [9.17, 15) is 4.39 Å². The minimum Gasteiger partial charge on any atom is -0.456 e. The Morgan fingerprint density at radius 2 is 2.15 bits per heavy atom. The molecular weight excluding hydrogens is 325 g/mol. The highest BCUT2D eigenvalue weighted by atomic mass is 79.9. The Bertz CT molecular complexity index is 742. The highest BCUT2D eigenvalue weighted by Gasteiger charge is 2.19. The molecule has 3 N–H and O–H groups in total. The number of fused-ring (bicyclic) bond motifs is 1. The van der Waals surface area contributed by atoms with Gasteiger partial charge < -0.3 is 4.42 Å². The smallest absolute Gasteiger partial charge is 0.169 e. The van der Waals surface area contributed by atoms with Crippen LogP contribution in [0.25, 0.3) is 11.0 Å². The Morgan fingerprint density at radius 3 is 2.80 bits per heavy atom. The second-order valence-corrected chi connectivity index (χ2v) is 5.22. The first-order chi connectivity index (χ1) is 9.69. The molecule has 0 radical (unpaired) electrons. The summed E-state index contributed by atoms with van der Waals surface area (Å²) in [5, 5.41) is 0.692. The van der Waals surface area contributed by atoms with Crippen LogP contribution in [0.5, 0.6) is 0 Å². The molecule has 0 saturated heterocycles. The van der Waals surface area contributed by atoms with Crippen LogP contribution < -0.4 is 11.3 Å². The van der Waals surface area contributed by atoms with Gasteiger partial charge in [0.1, 0.15) is 11.8 Å². The monoisotopic (exact) mass is 335 g/mol. The molecule has 6 heteroatoms. The molecule has 2 aromatic heterocycles. The van der Waals surface area contributed by atoms with Gasteiger partial charge in [0.2, 0.25) is 0 Å². The van der Waals surface area contributed by atoms with E-state index < -0.39 is 11.9 Å². The Kier molecular flexibility index (Phi) is 3.52. The standard InChI is InChI=1S/C14H11BrFN3O/c15-9-4-5-11(18-7-9)13(19-17)12-6-8-2-1-3-10(16)14(8)20-12/h1-7,13,19H,17H2. The number of nitrogens with one attached hydrogen (secondary N) is 1. The fourth-order valence-electron chi connectivity index (χ4n) is 2.06. The van der Waals surface area contributed by atoms with Crippen LogP contribution in [-0.4, -0.2) is 4.98 Å². The van der Waals surface area contributed by atoms with Crippen molar-refractivity contribution in [1.82, 2.24) is 10.4 Å². The number of halogens is 2. The lowest BCUT2D eigenvalue weighted by atomic mass is 10.1. The van der Waals surface area contributed by atoms with Crippen LogP contribution in [0.1, 0.15) is 17.5 Å². The third kappa shape index (κ3) is 2.33. The van der Waals surface area contributed by atoms with Crippen molar-refractivity contribution >= 4 is 26.9 Å². The summed E-state index contributed by atoms with van der Waals surface area (Å²) in [5.41, 5.74) is 3.55. The lowest BCUT2D eigenvalue weighted by Gasteiger charge is -2.12. The van der Waals surface area contributed by atoms with Crippen molar-refractivity contribution in [2.75, 3.05) is 0 Å². The number of pyridine rings is 1. The molecule has 0 aliphatic carbocycles. The summed E-state index contributed by atoms with van der Waals surface area (Å²) < 4.78 is 20.1. The lowest BCUT2D eigenvalue weighted by molar-refractivity contribution is 0.460. The number of benzene rings is 1. The van der Waals surface area contributed by atoms with Gasteiger partial charge in [0.15, 0.2) is 11.4 Å². The van der Waals surface area contributed by atoms with Crippen molar-refractivity contribution in [3.05, 3.63) is 64.3 Å². The van der Waals surface area contributed by atoms with E-state index in [1.807, 2.05) is 12.1 Å². The van der Waals surface area contributed by atoms with Crippen LogP contribution in [0.15, 0.2) is 51.5 Å². The second-order valence-electron chi connectivity index (χ2n) is 4.31. The normalized spacial score (nSPS) is 12.8. The molecule has 1 unspecified atom stereocenters. The maximum atomic E-state index is 13.7. The molecular formula is C14H11BrFN3O. The Labute approximate surface area is 122 Å². The molecule has 0 fully saturated rings. The van der Waals surface area contributed by atoms with Gasteiger partial charge in [-0.3, -0.25) is 10.8 Å². The van der Waals surface area contributed by atoms with Crippen molar-refractivity contribution in [2.24, 2.45) is 5.84 Å². The van der Waals surface area contributed by atoms with E-state index in [0.717, 1.165) is 4.47 Å². The molecule has 3 aromatic rings. The summed E-state index contributed by atoms with van der Waals surface area (Å²) in [4.78, 5) is 4.28. The summed E-state index contributed by atoms with van der Waals surface area (Å²) >= 11 is 3.32. The second kappa shape index (κ2) is 5.32. The SMILES string of the molecule is NNC(c1ccc(Br)cn1)c1cc2cccc(F)c2o1. The van der Waals surface area contributed by atoms with Crippen molar-refractivity contribution in [2.45, 2.75) is 6.04 Å². The molecule has 1 atom stereocenters. The first-order valence-electron chi connectivity index (χ1n) is 5.94. The molecule has 0 aliphatic heterocycles. The summed E-state index contributed by atoms with van der Waals surface area (Å²) in [5.74, 6) is 5.70. The molecule has 2 heterocycles. The first kappa shape index (κ1) is 13.2. The molecule has 1 aromatic carbocycles. The van der Waals surface area contributed by atoms with Crippen LogP contribution in [-0.2, 0) is 0 Å². The van der Waals surface area contributed by atoms with Gasteiger partial charge in [-0.05, 0) is 40.2 Å². The number of hydrazine groups is 1. The average molecular weight is 336 g/mol. The number of rotatable bonds is 3. The molecule has 4 nitrogen and oxygen atoms in total. The van der Waals surface area contributed by atoms with E-state index in [0.29, 0.717) is 16.8 Å². The summed E-state index contributed by atoms with van der Waals surface area (Å²) in [7, 11) is 0. The van der Waals surface area contributed by atoms with Gasteiger partial charge in [0.25, 0.3) is 0 Å². The van der Waals surface area contributed by atoms with E-state index in [4.69, 9.17) is 10.3 Å². The number of hydrogen-bond donors (Lipinski definition) is 2. The van der Waals surface area contributed by atoms with Gasteiger partial charge in [-0.15, -0.1) is 0 Å². The maximum Gasteiger partial charge on any atom is 0.169 e. The maximum absolute atomic E-state index is 13.7. The van der Waals surface area contributed by atoms with Gasteiger partial charge in [-0.25, -0.2) is 9.82 Å². The van der Waals surface area contributed by atoms with Gasteiger partial charge in [0.05, 0.1) is 5.69 Å². The van der Waals surface area contributed by atoms with E-state index >= 15 is 0 Å². The molecule has 102 valence electrons. The van der Waals surface area contributed by atoms with E-state index in [1.165, 1.54) is 6.07 Å². The van der Waals surface area contributed by atoms with Gasteiger partial charge in [-0.1, -0.05) is 12.1 Å². The number of nitrogens with zero attached hydrogens (tertiary/aromatic N) is 1. The van der Waals surface area contributed by atoms with Crippen LogP contribution >= 0.6 is 15.9 Å². The largest absolute Gasteiger partial charge is 0.456 e. The van der Waals surface area contributed by atoms with Crippen LogP contribution in [0.3, 0.4) is 0 Å². The van der Waals surface area contributed by atoms with Crippen LogP contribution in [0.2, 0.25) is 0 Å². The Balaban J connectivity index is 2.07. The topological polar surface area (TPSA) is 64.1 Å². The zero-order valence-corrected chi connectivity index (χ0v) is 11.9. The number of hydrogen-bond acceptors (Lipinski definition) is 4. The van der Waals surface area contributed by atoms with Crippen LogP contribution in [0, 0.1) is 5.82 Å². The van der Waals surface area contributed by atoms with Crippen molar-refractivity contribution in [3.8, 4) is 0 Å². The number of aromatic nitrogens is 1. The molecule has 20 heavy (non-hydrogen) atoms. The fraction of sp³-hybridized carbons (Fsp3) is 0.0714. The number of furan rings is 1. The summed E-state index contributed by atoms with van der Waals surface area (Å²) in [6.45, 7) is 0. The minimum atomic E-state index is -0.435. The third-order valence-corrected chi connectivity index (χ3v) is 3.48. The summed E-state index contributed by atoms with van der Waals surface area (Å²) in [6.07, 6.45) is 1.67. The fourth-order valence-corrected chi connectivity index (χ4v) is 2.30. The Hall–Kier alpha value is -1.76. The van der Waals surface area contributed by atoms with E-state index in [1.54, 1.807) is 24.4 Å². The highest BCUT2D eigenvalue weighted by molar-refractivity contribution is 9.10. The molecule has 0 spiro atoms. The Morgan fingerprint density at radius 1 is 1.30 bits per heavy atom. The van der Waals surface area contributed by atoms with E-state index in [2.05, 4.69) is 26.3 Å². The summed E-state index contributed by atoms with van der Waals surface area (Å²) in [6, 6.07) is 9.78. The van der Waals surface area contributed by atoms with Gasteiger partial charge in [0, 0.05) is 16.1 Å². The zero-order valence-electron chi connectivity index (χ0n) is 10.3. The molecule has 0 amide bonds. The number of para-hydroxylation sites is 1. The third-order valence-electron chi connectivity index (χ3n) is 3.01. The van der Waals surface area contributed by atoms with E-state index in [-0.39, 0.29) is 5.58 Å². The van der Waals surface area contributed by atoms with Gasteiger partial charge in [-0.2, -0.15) is 0 Å². The zero-order chi connectivity index (χ0) is 14.1. The average Bonchev–Trinajstić information content (AvgIpc) is 2.87. The minimum absolute atomic E-state index is 0.222. The predicted molar refractivity (Wildman–Crippen MR) is 77.3 cm³/mol. The van der Waals surface area contributed by atoms with Gasteiger partial charge >= 0.3 is 0 Å². The van der Waals surface area contributed by atoms with Crippen molar-refractivity contribution in [1.29, 1.82) is 0 Å². The molecule has 0 bridgehead atoms. The molecule has 0 saturated carbocycles. The van der Waals surface area contributed by atoms with Crippen LogP contribution in [0.4, 0.5) is 4.39 Å². The predicted octanol–water partition coefficient (Wildman–Crippen LogP) is 3.28. The molecule has 0 aliphatic rings. The first-order valence-corrected chi connectivity index (χ1v) is 6.74.